The van der Waals surface area contributed by atoms with Gasteiger partial charge in [0, 0.05) is 31.4 Å². The van der Waals surface area contributed by atoms with E-state index in [1.165, 1.54) is 0 Å². The first-order valence-corrected chi connectivity index (χ1v) is 12.2. The lowest BCUT2D eigenvalue weighted by Crippen LogP contribution is -2.43. The van der Waals surface area contributed by atoms with Gasteiger partial charge in [-0.15, -0.1) is 22.7 Å². The third-order valence-electron chi connectivity index (χ3n) is 5.10. The Morgan fingerprint density at radius 2 is 2.03 bits per heavy atom. The summed E-state index contributed by atoms with van der Waals surface area (Å²) in [6, 6.07) is 5.97. The SMILES string of the molecule is COCCN(CC(=O)N1N=C(c2cccs2)C[C@H]1c1sccc1C)C(=O)CC(C)(C)C. The van der Waals surface area contributed by atoms with Crippen LogP contribution < -0.4 is 0 Å². The zero-order chi connectivity index (χ0) is 22.6. The van der Waals surface area contributed by atoms with E-state index in [1.54, 1.807) is 39.7 Å². The van der Waals surface area contributed by atoms with Gasteiger partial charge in [0.2, 0.25) is 5.91 Å². The Bertz CT molecular complexity index is 928. The molecule has 2 aromatic rings. The van der Waals surface area contributed by atoms with E-state index in [2.05, 4.69) is 13.0 Å². The molecule has 1 atom stereocenters. The zero-order valence-corrected chi connectivity index (χ0v) is 20.5. The Morgan fingerprint density at radius 1 is 1.26 bits per heavy atom. The van der Waals surface area contributed by atoms with Crippen molar-refractivity contribution in [2.75, 3.05) is 26.8 Å². The van der Waals surface area contributed by atoms with Crippen LogP contribution in [0.4, 0.5) is 0 Å². The van der Waals surface area contributed by atoms with Gasteiger partial charge in [0.15, 0.2) is 0 Å². The molecule has 2 amide bonds. The van der Waals surface area contributed by atoms with Crippen LogP contribution in [-0.2, 0) is 14.3 Å². The first kappa shape index (κ1) is 23.6. The van der Waals surface area contributed by atoms with Gasteiger partial charge in [-0.1, -0.05) is 26.8 Å². The second kappa shape index (κ2) is 10.1. The second-order valence-electron chi connectivity index (χ2n) is 9.00. The van der Waals surface area contributed by atoms with Crippen LogP contribution in [0.25, 0.3) is 0 Å². The lowest BCUT2D eigenvalue weighted by atomic mass is 9.91. The van der Waals surface area contributed by atoms with Gasteiger partial charge < -0.3 is 9.64 Å². The summed E-state index contributed by atoms with van der Waals surface area (Å²) in [5.41, 5.74) is 1.93. The van der Waals surface area contributed by atoms with Crippen molar-refractivity contribution in [3.8, 4) is 0 Å². The number of hydrazone groups is 1. The third-order valence-corrected chi connectivity index (χ3v) is 7.14. The minimum absolute atomic E-state index is 0.000413. The van der Waals surface area contributed by atoms with E-state index in [0.29, 0.717) is 26.0 Å². The number of hydrogen-bond acceptors (Lipinski definition) is 6. The van der Waals surface area contributed by atoms with Crippen molar-refractivity contribution in [1.29, 1.82) is 0 Å². The lowest BCUT2D eigenvalue weighted by molar-refractivity contribution is -0.143. The van der Waals surface area contributed by atoms with Crippen LogP contribution >= 0.6 is 22.7 Å². The standard InChI is InChI=1S/C23H31N3O3S2/c1-16-8-12-31-22(16)18-13-17(19-7-6-11-30-19)24-26(18)21(28)15-25(9-10-29-5)20(27)14-23(2,3)4/h6-8,11-12,18H,9-10,13-15H2,1-5H3/t18-/m0/s1. The highest BCUT2D eigenvalue weighted by atomic mass is 32.1. The molecule has 0 unspecified atom stereocenters. The molecule has 0 N–H and O–H groups in total. The molecular formula is C23H31N3O3S2. The van der Waals surface area contributed by atoms with E-state index in [1.807, 2.05) is 43.7 Å². The van der Waals surface area contributed by atoms with E-state index < -0.39 is 0 Å². The molecule has 0 saturated heterocycles. The fraction of sp³-hybridized carbons (Fsp3) is 0.522. The van der Waals surface area contributed by atoms with Crippen LogP contribution in [0.2, 0.25) is 0 Å². The van der Waals surface area contributed by atoms with E-state index in [9.17, 15) is 9.59 Å². The first-order valence-electron chi connectivity index (χ1n) is 10.4. The van der Waals surface area contributed by atoms with Crippen molar-refractivity contribution >= 4 is 40.2 Å². The maximum atomic E-state index is 13.4. The molecule has 6 nitrogen and oxygen atoms in total. The molecule has 0 fully saturated rings. The van der Waals surface area contributed by atoms with Gasteiger partial charge in [-0.25, -0.2) is 5.01 Å². The van der Waals surface area contributed by atoms with Gasteiger partial charge in [0.25, 0.3) is 5.91 Å². The normalized spacial score (nSPS) is 16.5. The summed E-state index contributed by atoms with van der Waals surface area (Å²) in [4.78, 5) is 30.1. The van der Waals surface area contributed by atoms with Crippen molar-refractivity contribution in [3.05, 3.63) is 44.3 Å². The van der Waals surface area contributed by atoms with E-state index in [0.717, 1.165) is 21.0 Å². The van der Waals surface area contributed by atoms with Crippen molar-refractivity contribution in [1.82, 2.24) is 9.91 Å². The molecule has 31 heavy (non-hydrogen) atoms. The minimum Gasteiger partial charge on any atom is -0.383 e. The van der Waals surface area contributed by atoms with E-state index in [4.69, 9.17) is 9.84 Å². The number of methoxy groups -OCH3 is 1. The van der Waals surface area contributed by atoms with E-state index >= 15 is 0 Å². The zero-order valence-electron chi connectivity index (χ0n) is 18.9. The summed E-state index contributed by atoms with van der Waals surface area (Å²) in [6.07, 6.45) is 1.06. The van der Waals surface area contributed by atoms with Crippen molar-refractivity contribution in [2.45, 2.75) is 46.6 Å². The molecule has 0 aromatic carbocycles. The highest BCUT2D eigenvalue weighted by molar-refractivity contribution is 7.12. The number of thiophene rings is 2. The Morgan fingerprint density at radius 3 is 2.61 bits per heavy atom. The summed E-state index contributed by atoms with van der Waals surface area (Å²) >= 11 is 3.28. The molecule has 3 heterocycles. The average Bonchev–Trinajstić information content (AvgIpc) is 3.42. The molecule has 0 radical (unpaired) electrons. The first-order chi connectivity index (χ1) is 14.7. The largest absolute Gasteiger partial charge is 0.383 e. The van der Waals surface area contributed by atoms with Crippen LogP contribution in [0.3, 0.4) is 0 Å². The van der Waals surface area contributed by atoms with Crippen molar-refractivity contribution < 1.29 is 14.3 Å². The number of ether oxygens (including phenoxy) is 1. The quantitative estimate of drug-likeness (QED) is 0.572. The fourth-order valence-corrected chi connectivity index (χ4v) is 5.29. The summed E-state index contributed by atoms with van der Waals surface area (Å²) in [6.45, 7) is 8.91. The molecule has 0 bridgehead atoms. The Balaban J connectivity index is 1.83. The predicted molar refractivity (Wildman–Crippen MR) is 127 cm³/mol. The van der Waals surface area contributed by atoms with Gasteiger partial charge in [0.1, 0.15) is 6.54 Å². The van der Waals surface area contributed by atoms with Crippen LogP contribution in [0, 0.1) is 12.3 Å². The lowest BCUT2D eigenvalue weighted by Gasteiger charge is -2.28. The van der Waals surface area contributed by atoms with Gasteiger partial charge in [-0.3, -0.25) is 9.59 Å². The van der Waals surface area contributed by atoms with Gasteiger partial charge >= 0.3 is 0 Å². The number of amides is 2. The number of rotatable bonds is 8. The number of nitrogens with zero attached hydrogens (tertiary/aromatic N) is 3. The van der Waals surface area contributed by atoms with Crippen LogP contribution in [0.1, 0.15) is 55.0 Å². The average molecular weight is 462 g/mol. The van der Waals surface area contributed by atoms with E-state index in [-0.39, 0.29) is 29.8 Å². The number of carbonyl (C=O) groups excluding carboxylic acids is 2. The molecular weight excluding hydrogens is 430 g/mol. The molecule has 0 saturated carbocycles. The topological polar surface area (TPSA) is 62.2 Å². The van der Waals surface area contributed by atoms with Crippen LogP contribution in [0.15, 0.2) is 34.1 Å². The third kappa shape index (κ3) is 6.02. The molecule has 1 aliphatic heterocycles. The highest BCUT2D eigenvalue weighted by Gasteiger charge is 2.36. The monoisotopic (exact) mass is 461 g/mol. The van der Waals surface area contributed by atoms with Crippen molar-refractivity contribution in [3.63, 3.8) is 0 Å². The molecule has 0 spiro atoms. The minimum atomic E-state index is -0.164. The fourth-order valence-electron chi connectivity index (χ4n) is 3.56. The predicted octanol–water partition coefficient (Wildman–Crippen LogP) is 4.71. The summed E-state index contributed by atoms with van der Waals surface area (Å²) in [7, 11) is 1.60. The highest BCUT2D eigenvalue weighted by Crippen LogP contribution is 2.38. The summed E-state index contributed by atoms with van der Waals surface area (Å²) < 4.78 is 5.18. The molecule has 8 heteroatoms. The number of carbonyl (C=O) groups is 2. The molecule has 3 rings (SSSR count). The summed E-state index contributed by atoms with van der Waals surface area (Å²) in [5, 5.41) is 10.4. The maximum absolute atomic E-state index is 13.4. The smallest absolute Gasteiger partial charge is 0.262 e. The second-order valence-corrected chi connectivity index (χ2v) is 10.9. The molecule has 1 aliphatic rings. The van der Waals surface area contributed by atoms with Crippen LogP contribution in [0.5, 0.6) is 0 Å². The van der Waals surface area contributed by atoms with Gasteiger partial charge in [-0.2, -0.15) is 5.10 Å². The van der Waals surface area contributed by atoms with Crippen molar-refractivity contribution in [2.24, 2.45) is 10.5 Å². The summed E-state index contributed by atoms with van der Waals surface area (Å²) in [5.74, 6) is -0.203. The van der Waals surface area contributed by atoms with Gasteiger partial charge in [-0.05, 0) is 40.8 Å². The number of aryl methyl sites for hydroxylation is 1. The molecule has 0 aliphatic carbocycles. The Kier molecular flexibility index (Phi) is 7.67. The van der Waals surface area contributed by atoms with Gasteiger partial charge in [0.05, 0.1) is 23.2 Å². The van der Waals surface area contributed by atoms with Crippen LogP contribution in [-0.4, -0.2) is 54.2 Å². The number of hydrogen-bond donors (Lipinski definition) is 0. The molecule has 2 aromatic heterocycles. The maximum Gasteiger partial charge on any atom is 0.262 e. The Labute approximate surface area is 192 Å². The molecule has 168 valence electrons. The Hall–Kier alpha value is -2.03.